The summed E-state index contributed by atoms with van der Waals surface area (Å²) in [4.78, 5) is 2.13. The van der Waals surface area contributed by atoms with E-state index in [1.165, 1.54) is 0 Å². The van der Waals surface area contributed by atoms with Gasteiger partial charge in [0.2, 0.25) is 0 Å². The molecule has 5 nitrogen and oxygen atoms in total. The van der Waals surface area contributed by atoms with Gasteiger partial charge in [0.15, 0.2) is 5.82 Å². The molecular formula is C12H17N5. The fraction of sp³-hybridized carbons (Fsp3) is 0.583. The second-order valence-electron chi connectivity index (χ2n) is 4.59. The highest BCUT2D eigenvalue weighted by molar-refractivity contribution is 5.53. The molecule has 0 radical (unpaired) electrons. The van der Waals surface area contributed by atoms with E-state index in [1.807, 2.05) is 0 Å². The molecule has 2 rings (SSSR count). The largest absolute Gasteiger partial charge is 0.350 e. The SMILES string of the molecule is CC1CCN(c2nnccc2C#N)C(CN)C1. The van der Waals surface area contributed by atoms with Crippen LogP contribution in [-0.4, -0.2) is 29.3 Å². The molecule has 2 atom stereocenters. The predicted octanol–water partition coefficient (Wildman–Crippen LogP) is 0.912. The molecule has 0 amide bonds. The molecule has 0 aromatic carbocycles. The smallest absolute Gasteiger partial charge is 0.169 e. The Morgan fingerprint density at radius 2 is 2.47 bits per heavy atom. The summed E-state index contributed by atoms with van der Waals surface area (Å²) >= 11 is 0. The maximum absolute atomic E-state index is 9.08. The lowest BCUT2D eigenvalue weighted by Crippen LogP contribution is -2.47. The highest BCUT2D eigenvalue weighted by Crippen LogP contribution is 2.27. The molecule has 0 saturated carbocycles. The molecular weight excluding hydrogens is 214 g/mol. The fourth-order valence-corrected chi connectivity index (χ4v) is 2.38. The van der Waals surface area contributed by atoms with Crippen molar-refractivity contribution in [1.82, 2.24) is 10.2 Å². The van der Waals surface area contributed by atoms with E-state index < -0.39 is 0 Å². The average Bonchev–Trinajstić information content (AvgIpc) is 2.38. The first kappa shape index (κ1) is 11.8. The highest BCUT2D eigenvalue weighted by atomic mass is 15.3. The van der Waals surface area contributed by atoms with Crippen molar-refractivity contribution in [3.05, 3.63) is 17.8 Å². The average molecular weight is 231 g/mol. The molecule has 1 aromatic rings. The van der Waals surface area contributed by atoms with Gasteiger partial charge in [-0.15, -0.1) is 5.10 Å². The van der Waals surface area contributed by atoms with E-state index in [2.05, 4.69) is 28.1 Å². The van der Waals surface area contributed by atoms with Crippen LogP contribution < -0.4 is 10.6 Å². The highest BCUT2D eigenvalue weighted by Gasteiger charge is 2.27. The van der Waals surface area contributed by atoms with Crippen molar-refractivity contribution in [2.45, 2.75) is 25.8 Å². The molecule has 1 fully saturated rings. The van der Waals surface area contributed by atoms with Crippen LogP contribution in [0.4, 0.5) is 5.82 Å². The number of anilines is 1. The lowest BCUT2D eigenvalue weighted by atomic mass is 9.92. The van der Waals surface area contributed by atoms with Crippen LogP contribution in [-0.2, 0) is 0 Å². The van der Waals surface area contributed by atoms with Gasteiger partial charge in [-0.3, -0.25) is 0 Å². The predicted molar refractivity (Wildman–Crippen MR) is 65.3 cm³/mol. The van der Waals surface area contributed by atoms with E-state index in [1.54, 1.807) is 12.3 Å². The minimum Gasteiger partial charge on any atom is -0.350 e. The van der Waals surface area contributed by atoms with E-state index in [0.29, 0.717) is 23.8 Å². The summed E-state index contributed by atoms with van der Waals surface area (Å²) < 4.78 is 0. The Kier molecular flexibility index (Phi) is 3.55. The van der Waals surface area contributed by atoms with Crippen molar-refractivity contribution in [3.8, 4) is 6.07 Å². The summed E-state index contributed by atoms with van der Waals surface area (Å²) in [6.45, 7) is 3.73. The van der Waals surface area contributed by atoms with Crippen LogP contribution in [0, 0.1) is 17.2 Å². The zero-order valence-corrected chi connectivity index (χ0v) is 10.0. The minimum absolute atomic E-state index is 0.266. The molecule has 1 aliphatic heterocycles. The number of aromatic nitrogens is 2. The third-order valence-corrected chi connectivity index (χ3v) is 3.34. The molecule has 5 heteroatoms. The summed E-state index contributed by atoms with van der Waals surface area (Å²) in [5.74, 6) is 1.36. The Bertz CT molecular complexity index is 425. The van der Waals surface area contributed by atoms with Crippen LogP contribution in [0.1, 0.15) is 25.3 Å². The zero-order valence-electron chi connectivity index (χ0n) is 10.0. The first-order valence-electron chi connectivity index (χ1n) is 5.94. The maximum Gasteiger partial charge on any atom is 0.169 e. The Balaban J connectivity index is 2.29. The minimum atomic E-state index is 0.266. The van der Waals surface area contributed by atoms with Gasteiger partial charge >= 0.3 is 0 Å². The van der Waals surface area contributed by atoms with E-state index in [4.69, 9.17) is 11.0 Å². The molecule has 0 spiro atoms. The molecule has 1 aliphatic rings. The monoisotopic (exact) mass is 231 g/mol. The van der Waals surface area contributed by atoms with Crippen molar-refractivity contribution in [2.24, 2.45) is 11.7 Å². The number of nitrogens with zero attached hydrogens (tertiary/aromatic N) is 4. The Morgan fingerprint density at radius 3 is 3.18 bits per heavy atom. The zero-order chi connectivity index (χ0) is 12.3. The normalized spacial score (nSPS) is 24.4. The lowest BCUT2D eigenvalue weighted by molar-refractivity contribution is 0.364. The summed E-state index contributed by atoms with van der Waals surface area (Å²) in [7, 11) is 0. The van der Waals surface area contributed by atoms with E-state index in [9.17, 15) is 0 Å². The van der Waals surface area contributed by atoms with Gasteiger partial charge in [0.05, 0.1) is 11.8 Å². The number of hydrogen-bond donors (Lipinski definition) is 1. The molecule has 1 saturated heterocycles. The summed E-state index contributed by atoms with van der Waals surface area (Å²) in [5.41, 5.74) is 6.39. The van der Waals surface area contributed by atoms with Crippen molar-refractivity contribution >= 4 is 5.82 Å². The number of hydrogen-bond acceptors (Lipinski definition) is 5. The van der Waals surface area contributed by atoms with Gasteiger partial charge in [-0.2, -0.15) is 10.4 Å². The Labute approximate surface area is 101 Å². The number of rotatable bonds is 2. The van der Waals surface area contributed by atoms with Crippen molar-refractivity contribution in [3.63, 3.8) is 0 Å². The van der Waals surface area contributed by atoms with Crippen LogP contribution in [0.2, 0.25) is 0 Å². The quantitative estimate of drug-likeness (QED) is 0.818. The van der Waals surface area contributed by atoms with Gasteiger partial charge in [-0.05, 0) is 24.8 Å². The van der Waals surface area contributed by atoms with Gasteiger partial charge in [-0.1, -0.05) is 6.92 Å². The third kappa shape index (κ3) is 2.37. The second kappa shape index (κ2) is 5.11. The van der Waals surface area contributed by atoms with Crippen LogP contribution in [0.15, 0.2) is 12.3 Å². The van der Waals surface area contributed by atoms with Crippen LogP contribution >= 0.6 is 0 Å². The van der Waals surface area contributed by atoms with Gasteiger partial charge in [0, 0.05) is 19.1 Å². The van der Waals surface area contributed by atoms with Crippen LogP contribution in [0.5, 0.6) is 0 Å². The standard InChI is InChI=1S/C12H17N5/c1-9-3-5-17(11(6-9)8-14)12-10(7-13)2-4-15-16-12/h2,4,9,11H,3,5-6,8,14H2,1H3. The van der Waals surface area contributed by atoms with E-state index in [-0.39, 0.29) is 6.04 Å². The third-order valence-electron chi connectivity index (χ3n) is 3.34. The van der Waals surface area contributed by atoms with Crippen LogP contribution in [0.3, 0.4) is 0 Å². The van der Waals surface area contributed by atoms with Gasteiger partial charge in [-0.25, -0.2) is 0 Å². The molecule has 1 aromatic heterocycles. The van der Waals surface area contributed by atoms with Gasteiger partial charge in [0.25, 0.3) is 0 Å². The molecule has 0 aliphatic carbocycles. The van der Waals surface area contributed by atoms with Crippen molar-refractivity contribution in [1.29, 1.82) is 5.26 Å². The van der Waals surface area contributed by atoms with Crippen molar-refractivity contribution in [2.75, 3.05) is 18.0 Å². The van der Waals surface area contributed by atoms with Crippen LogP contribution in [0.25, 0.3) is 0 Å². The van der Waals surface area contributed by atoms with E-state index >= 15 is 0 Å². The fourth-order valence-electron chi connectivity index (χ4n) is 2.38. The number of nitrogens with two attached hydrogens (primary N) is 1. The summed E-state index contributed by atoms with van der Waals surface area (Å²) in [6.07, 6.45) is 3.71. The van der Waals surface area contributed by atoms with Gasteiger partial charge in [0.1, 0.15) is 6.07 Å². The lowest BCUT2D eigenvalue weighted by Gasteiger charge is -2.38. The first-order valence-corrected chi connectivity index (χ1v) is 5.94. The summed E-state index contributed by atoms with van der Waals surface area (Å²) in [5, 5.41) is 17.1. The maximum atomic E-state index is 9.08. The molecule has 90 valence electrons. The topological polar surface area (TPSA) is 78.8 Å². The summed E-state index contributed by atoms with van der Waals surface area (Å²) in [6, 6.07) is 4.13. The van der Waals surface area contributed by atoms with Gasteiger partial charge < -0.3 is 10.6 Å². The molecule has 0 bridgehead atoms. The Hall–Kier alpha value is -1.67. The number of nitriles is 1. The molecule has 2 N–H and O–H groups in total. The first-order chi connectivity index (χ1) is 8.26. The molecule has 2 unspecified atom stereocenters. The van der Waals surface area contributed by atoms with E-state index in [0.717, 1.165) is 19.4 Å². The molecule has 17 heavy (non-hydrogen) atoms. The van der Waals surface area contributed by atoms with Crippen molar-refractivity contribution < 1.29 is 0 Å². The Morgan fingerprint density at radius 1 is 1.65 bits per heavy atom. The molecule has 2 heterocycles. The number of piperidine rings is 1. The second-order valence-corrected chi connectivity index (χ2v) is 4.59.